The van der Waals surface area contributed by atoms with Crippen LogP contribution >= 0.6 is 11.6 Å². The van der Waals surface area contributed by atoms with E-state index in [0.29, 0.717) is 22.3 Å². The summed E-state index contributed by atoms with van der Waals surface area (Å²) >= 11 is 5.79. The summed E-state index contributed by atoms with van der Waals surface area (Å²) in [6.45, 7) is 0. The van der Waals surface area contributed by atoms with E-state index in [-0.39, 0.29) is 22.1 Å². The van der Waals surface area contributed by atoms with E-state index in [9.17, 15) is 14.8 Å². The normalized spacial score (nSPS) is 10.4. The number of rotatable bonds is 3. The number of benzene rings is 2. The van der Waals surface area contributed by atoms with Gasteiger partial charge in [0.1, 0.15) is 11.9 Å². The average Bonchev–Trinajstić information content (AvgIpc) is 2.58. The molecule has 5 nitrogen and oxygen atoms in total. The number of ether oxygens (including phenoxy) is 1. The first-order chi connectivity index (χ1) is 11.5. The molecule has 7 heteroatoms. The van der Waals surface area contributed by atoms with E-state index in [4.69, 9.17) is 16.3 Å². The van der Waals surface area contributed by atoms with Gasteiger partial charge in [0.2, 0.25) is 0 Å². The molecule has 3 rings (SSSR count). The first-order valence-corrected chi connectivity index (χ1v) is 7.23. The molecule has 0 aliphatic heterocycles. The number of phenols is 1. The number of nitrogens with zero attached hydrogens (tertiary/aromatic N) is 2. The van der Waals surface area contributed by atoms with Crippen LogP contribution in [0.4, 0.5) is 15.8 Å². The van der Waals surface area contributed by atoms with Gasteiger partial charge < -0.3 is 15.2 Å². The van der Waals surface area contributed by atoms with Crippen molar-refractivity contribution < 1.29 is 14.2 Å². The fourth-order valence-corrected chi connectivity index (χ4v) is 2.49. The van der Waals surface area contributed by atoms with Gasteiger partial charge in [0, 0.05) is 23.3 Å². The molecule has 0 atom stereocenters. The Morgan fingerprint density at radius 1 is 1.33 bits per heavy atom. The first-order valence-electron chi connectivity index (χ1n) is 6.85. The van der Waals surface area contributed by atoms with Crippen molar-refractivity contribution in [3.05, 3.63) is 52.9 Å². The lowest BCUT2D eigenvalue weighted by molar-refractivity contribution is 0.374. The van der Waals surface area contributed by atoms with Gasteiger partial charge in [-0.05, 0) is 24.3 Å². The largest absolute Gasteiger partial charge is 0.504 e. The summed E-state index contributed by atoms with van der Waals surface area (Å²) in [4.78, 5) is 4.20. The SMILES string of the molecule is COc1cc2ncc(C#N)c(Nc3ccc(F)c(Cl)c3)c2cc1O. The molecule has 0 radical (unpaired) electrons. The molecule has 0 spiro atoms. The van der Waals surface area contributed by atoms with Crippen LogP contribution in [0.3, 0.4) is 0 Å². The Morgan fingerprint density at radius 3 is 2.79 bits per heavy atom. The third-order valence-electron chi connectivity index (χ3n) is 3.48. The van der Waals surface area contributed by atoms with Crippen LogP contribution in [-0.2, 0) is 0 Å². The summed E-state index contributed by atoms with van der Waals surface area (Å²) < 4.78 is 18.4. The Hall–Kier alpha value is -3.04. The first kappa shape index (κ1) is 15.8. The third kappa shape index (κ3) is 2.77. The average molecular weight is 344 g/mol. The van der Waals surface area contributed by atoms with Crippen molar-refractivity contribution in [3.63, 3.8) is 0 Å². The lowest BCUT2D eigenvalue weighted by Gasteiger charge is -2.13. The second-order valence-corrected chi connectivity index (χ2v) is 5.36. The number of fused-ring (bicyclic) bond motifs is 1. The lowest BCUT2D eigenvalue weighted by Crippen LogP contribution is -1.98. The quantitative estimate of drug-likeness (QED) is 0.739. The van der Waals surface area contributed by atoms with Crippen molar-refractivity contribution in [3.8, 4) is 17.6 Å². The molecule has 0 saturated heterocycles. The number of aromatic hydroxyl groups is 1. The number of halogens is 2. The predicted octanol–water partition coefficient (Wildman–Crippen LogP) is 4.36. The van der Waals surface area contributed by atoms with E-state index < -0.39 is 5.82 Å². The maximum atomic E-state index is 13.3. The molecule has 0 aliphatic carbocycles. The molecule has 24 heavy (non-hydrogen) atoms. The molecule has 0 bridgehead atoms. The highest BCUT2D eigenvalue weighted by Gasteiger charge is 2.13. The highest BCUT2D eigenvalue weighted by Crippen LogP contribution is 2.36. The number of anilines is 2. The molecule has 0 fully saturated rings. The second-order valence-electron chi connectivity index (χ2n) is 4.95. The van der Waals surface area contributed by atoms with Crippen LogP contribution in [0.2, 0.25) is 5.02 Å². The zero-order chi connectivity index (χ0) is 17.3. The lowest BCUT2D eigenvalue weighted by atomic mass is 10.1. The van der Waals surface area contributed by atoms with Gasteiger partial charge in [-0.2, -0.15) is 5.26 Å². The Kier molecular flexibility index (Phi) is 4.11. The summed E-state index contributed by atoms with van der Waals surface area (Å²) in [5.74, 6) is -0.345. The molecule has 2 N–H and O–H groups in total. The minimum Gasteiger partial charge on any atom is -0.504 e. The maximum Gasteiger partial charge on any atom is 0.162 e. The summed E-state index contributed by atoms with van der Waals surface area (Å²) in [5.41, 5.74) is 1.73. The van der Waals surface area contributed by atoms with E-state index in [0.717, 1.165) is 0 Å². The highest BCUT2D eigenvalue weighted by atomic mass is 35.5. The molecule has 1 aromatic heterocycles. The van der Waals surface area contributed by atoms with Crippen molar-refractivity contribution >= 4 is 33.9 Å². The third-order valence-corrected chi connectivity index (χ3v) is 3.77. The molecule has 120 valence electrons. The molecule has 1 heterocycles. The van der Waals surface area contributed by atoms with Gasteiger partial charge in [-0.25, -0.2) is 4.39 Å². The molecular formula is C17H11ClFN3O2. The van der Waals surface area contributed by atoms with Gasteiger partial charge in [-0.1, -0.05) is 11.6 Å². The Bertz CT molecular complexity index is 986. The standard InChI is InChI=1S/C17H11ClFN3O2/c1-24-16-6-14-11(5-15(16)23)17(9(7-20)8-21-14)22-10-2-3-13(19)12(18)4-10/h2-6,8,23H,1H3,(H,21,22). The maximum absolute atomic E-state index is 13.3. The number of nitrogens with one attached hydrogen (secondary N) is 1. The van der Waals surface area contributed by atoms with Gasteiger partial charge in [0.15, 0.2) is 11.5 Å². The molecule has 3 aromatic rings. The summed E-state index contributed by atoms with van der Waals surface area (Å²) in [7, 11) is 1.43. The summed E-state index contributed by atoms with van der Waals surface area (Å²) in [6.07, 6.45) is 1.41. The Balaban J connectivity index is 2.19. The number of nitriles is 1. The molecule has 0 unspecified atom stereocenters. The van der Waals surface area contributed by atoms with Crippen LogP contribution in [0.1, 0.15) is 5.56 Å². The van der Waals surface area contributed by atoms with Gasteiger partial charge in [-0.15, -0.1) is 0 Å². The number of aromatic nitrogens is 1. The van der Waals surface area contributed by atoms with E-state index in [1.54, 1.807) is 6.07 Å². The van der Waals surface area contributed by atoms with Crippen LogP contribution in [0.15, 0.2) is 36.5 Å². The van der Waals surface area contributed by atoms with Crippen LogP contribution in [0, 0.1) is 17.1 Å². The predicted molar refractivity (Wildman–Crippen MR) is 89.4 cm³/mol. The fourth-order valence-electron chi connectivity index (χ4n) is 2.31. The van der Waals surface area contributed by atoms with Gasteiger partial charge in [0.25, 0.3) is 0 Å². The minimum atomic E-state index is -0.537. The molecule has 2 aromatic carbocycles. The topological polar surface area (TPSA) is 78.2 Å². The molecule has 0 saturated carbocycles. The van der Waals surface area contributed by atoms with Crippen LogP contribution in [-0.4, -0.2) is 17.2 Å². The van der Waals surface area contributed by atoms with E-state index >= 15 is 0 Å². The fraction of sp³-hybridized carbons (Fsp3) is 0.0588. The number of hydrogen-bond acceptors (Lipinski definition) is 5. The van der Waals surface area contributed by atoms with E-state index in [1.807, 2.05) is 6.07 Å². The number of pyridine rings is 1. The van der Waals surface area contributed by atoms with E-state index in [1.165, 1.54) is 37.6 Å². The second kappa shape index (κ2) is 6.22. The minimum absolute atomic E-state index is 0.0404. The van der Waals surface area contributed by atoms with Crippen LogP contribution < -0.4 is 10.1 Å². The summed E-state index contributed by atoms with van der Waals surface area (Å²) in [5, 5.41) is 22.8. The zero-order valence-corrected chi connectivity index (χ0v) is 13.2. The van der Waals surface area contributed by atoms with E-state index in [2.05, 4.69) is 10.3 Å². The van der Waals surface area contributed by atoms with Crippen molar-refractivity contribution in [2.24, 2.45) is 0 Å². The smallest absolute Gasteiger partial charge is 0.162 e. The van der Waals surface area contributed by atoms with Crippen molar-refractivity contribution in [1.29, 1.82) is 5.26 Å². The van der Waals surface area contributed by atoms with Crippen molar-refractivity contribution in [1.82, 2.24) is 4.98 Å². The van der Waals surface area contributed by atoms with Crippen LogP contribution in [0.5, 0.6) is 11.5 Å². The molecule has 0 aliphatic rings. The monoisotopic (exact) mass is 343 g/mol. The van der Waals surface area contributed by atoms with Crippen molar-refractivity contribution in [2.45, 2.75) is 0 Å². The van der Waals surface area contributed by atoms with Gasteiger partial charge in [0.05, 0.1) is 28.9 Å². The number of phenolic OH excluding ortho intramolecular Hbond substituents is 1. The Labute approximate surface area is 141 Å². The molecule has 0 amide bonds. The van der Waals surface area contributed by atoms with Gasteiger partial charge >= 0.3 is 0 Å². The van der Waals surface area contributed by atoms with Gasteiger partial charge in [-0.3, -0.25) is 4.98 Å². The van der Waals surface area contributed by atoms with Crippen LogP contribution in [0.25, 0.3) is 10.9 Å². The highest BCUT2D eigenvalue weighted by molar-refractivity contribution is 6.31. The zero-order valence-electron chi connectivity index (χ0n) is 12.5. The van der Waals surface area contributed by atoms with Crippen molar-refractivity contribution in [2.75, 3.05) is 12.4 Å². The summed E-state index contributed by atoms with van der Waals surface area (Å²) in [6, 6.07) is 9.19. The Morgan fingerprint density at radius 2 is 2.12 bits per heavy atom. The number of methoxy groups -OCH3 is 1. The molecular weight excluding hydrogens is 333 g/mol. The number of hydrogen-bond donors (Lipinski definition) is 2.